The van der Waals surface area contributed by atoms with Crippen molar-refractivity contribution in [3.63, 3.8) is 0 Å². The van der Waals surface area contributed by atoms with Gasteiger partial charge in [0.2, 0.25) is 5.91 Å². The van der Waals surface area contributed by atoms with Gasteiger partial charge in [-0.05, 0) is 59.6 Å². The van der Waals surface area contributed by atoms with Crippen molar-refractivity contribution in [1.29, 1.82) is 0 Å². The summed E-state index contributed by atoms with van der Waals surface area (Å²) < 4.78 is 5.63. The number of hydrogen-bond acceptors (Lipinski definition) is 4. The molecule has 1 heterocycles. The third-order valence-corrected chi connectivity index (χ3v) is 5.24. The second kappa shape index (κ2) is 7.84. The second-order valence-corrected chi connectivity index (χ2v) is 6.92. The summed E-state index contributed by atoms with van der Waals surface area (Å²) in [6.45, 7) is 2.11. The molecule has 1 aliphatic heterocycles. The number of halogens is 1. The van der Waals surface area contributed by atoms with Gasteiger partial charge in [0.15, 0.2) is 0 Å². The molecule has 2 rings (SSSR count). The van der Waals surface area contributed by atoms with E-state index >= 15 is 0 Å². The molecule has 1 unspecified atom stereocenters. The monoisotopic (exact) mass is 371 g/mol. The Morgan fingerprint density at radius 3 is 2.86 bits per heavy atom. The summed E-state index contributed by atoms with van der Waals surface area (Å²) in [6.07, 6.45) is 3.22. The van der Waals surface area contributed by atoms with Crippen LogP contribution in [-0.2, 0) is 9.53 Å². The van der Waals surface area contributed by atoms with Crippen LogP contribution in [0.5, 0.6) is 0 Å². The molecule has 1 saturated heterocycles. The molecule has 1 atom stereocenters. The number of nitrogens with one attached hydrogen (secondary N) is 1. The van der Waals surface area contributed by atoms with Crippen LogP contribution < -0.4 is 5.32 Å². The first-order valence-electron chi connectivity index (χ1n) is 7.01. The van der Waals surface area contributed by atoms with Crippen molar-refractivity contribution in [3.8, 4) is 0 Å². The lowest BCUT2D eigenvalue weighted by molar-refractivity contribution is -0.115. The van der Waals surface area contributed by atoms with E-state index < -0.39 is 0 Å². The molecule has 0 aliphatic carbocycles. The minimum absolute atomic E-state index is 0.0235. The quantitative estimate of drug-likeness (QED) is 0.816. The molecular formula is C15H18BrNO3S. The molecule has 0 saturated carbocycles. The molecule has 1 fully saturated rings. The lowest BCUT2D eigenvalue weighted by Crippen LogP contribution is -2.27. The Kier molecular flexibility index (Phi) is 6.11. The van der Waals surface area contributed by atoms with Gasteiger partial charge in [-0.1, -0.05) is 6.42 Å². The van der Waals surface area contributed by atoms with Crippen LogP contribution in [0.3, 0.4) is 0 Å². The molecule has 4 nitrogen and oxygen atoms in total. The smallest absolute Gasteiger partial charge is 0.338 e. The molecule has 0 radical (unpaired) electrons. The van der Waals surface area contributed by atoms with E-state index in [1.165, 1.54) is 6.42 Å². The summed E-state index contributed by atoms with van der Waals surface area (Å²) >= 11 is 5.10. The van der Waals surface area contributed by atoms with Gasteiger partial charge in [-0.3, -0.25) is 4.79 Å². The molecule has 114 valence electrons. The van der Waals surface area contributed by atoms with Crippen molar-refractivity contribution in [2.75, 3.05) is 17.7 Å². The largest absolute Gasteiger partial charge is 0.462 e. The average molecular weight is 372 g/mol. The summed E-state index contributed by atoms with van der Waals surface area (Å²) in [6, 6.07) is 5.05. The summed E-state index contributed by atoms with van der Waals surface area (Å²) in [7, 11) is 0. The van der Waals surface area contributed by atoms with Gasteiger partial charge in [0.1, 0.15) is 0 Å². The molecule has 1 N–H and O–H groups in total. The van der Waals surface area contributed by atoms with E-state index in [0.717, 1.165) is 18.6 Å². The minimum Gasteiger partial charge on any atom is -0.462 e. The second-order valence-electron chi connectivity index (χ2n) is 4.76. The van der Waals surface area contributed by atoms with Crippen molar-refractivity contribution < 1.29 is 14.3 Å². The Hall–Kier alpha value is -1.01. The summed E-state index contributed by atoms with van der Waals surface area (Å²) in [4.78, 5) is 23.8. The Labute approximate surface area is 137 Å². The van der Waals surface area contributed by atoms with Crippen molar-refractivity contribution in [2.24, 2.45) is 0 Å². The first-order chi connectivity index (χ1) is 10.1. The molecule has 21 heavy (non-hydrogen) atoms. The molecule has 6 heteroatoms. The van der Waals surface area contributed by atoms with Gasteiger partial charge in [-0.2, -0.15) is 0 Å². The van der Waals surface area contributed by atoms with Crippen molar-refractivity contribution in [1.82, 2.24) is 0 Å². The number of rotatable bonds is 4. The van der Waals surface area contributed by atoms with Crippen LogP contribution in [0.2, 0.25) is 0 Å². The van der Waals surface area contributed by atoms with E-state index in [2.05, 4.69) is 21.2 Å². The zero-order valence-corrected chi connectivity index (χ0v) is 14.3. The van der Waals surface area contributed by atoms with Crippen LogP contribution in [-0.4, -0.2) is 29.5 Å². The molecule has 1 aromatic carbocycles. The molecule has 0 bridgehead atoms. The number of esters is 1. The van der Waals surface area contributed by atoms with E-state index in [0.29, 0.717) is 22.3 Å². The van der Waals surface area contributed by atoms with Gasteiger partial charge < -0.3 is 10.1 Å². The van der Waals surface area contributed by atoms with Crippen LogP contribution >= 0.6 is 27.7 Å². The van der Waals surface area contributed by atoms with E-state index in [1.807, 2.05) is 0 Å². The lowest BCUT2D eigenvalue weighted by atomic mass is 10.1. The predicted molar refractivity (Wildman–Crippen MR) is 88.8 cm³/mol. The number of carbonyl (C=O) groups is 2. The zero-order valence-electron chi connectivity index (χ0n) is 11.9. The number of ether oxygens (including phenoxy) is 1. The number of amides is 1. The summed E-state index contributed by atoms with van der Waals surface area (Å²) in [5, 5.41) is 2.94. The van der Waals surface area contributed by atoms with E-state index in [9.17, 15) is 9.59 Å². The Morgan fingerprint density at radius 1 is 1.43 bits per heavy atom. The maximum atomic E-state index is 12.2. The van der Waals surface area contributed by atoms with Crippen molar-refractivity contribution >= 4 is 45.3 Å². The maximum Gasteiger partial charge on any atom is 0.338 e. The van der Waals surface area contributed by atoms with E-state index in [-0.39, 0.29) is 17.1 Å². The van der Waals surface area contributed by atoms with Gasteiger partial charge in [0.05, 0.1) is 23.1 Å². The SMILES string of the molecule is CCOC(=O)c1ccc(NC(=O)C2CCCCS2)c(Br)c1. The highest BCUT2D eigenvalue weighted by Gasteiger charge is 2.22. The highest BCUT2D eigenvalue weighted by atomic mass is 79.9. The number of thioether (sulfide) groups is 1. The standard InChI is InChI=1S/C15H18BrNO3S/c1-2-20-15(19)10-6-7-12(11(16)9-10)17-14(18)13-5-3-4-8-21-13/h6-7,9,13H,2-5,8H2,1H3,(H,17,18). The zero-order chi connectivity index (χ0) is 15.2. The highest BCUT2D eigenvalue weighted by Crippen LogP contribution is 2.28. The third kappa shape index (κ3) is 4.48. The lowest BCUT2D eigenvalue weighted by Gasteiger charge is -2.20. The number of carbonyl (C=O) groups excluding carboxylic acids is 2. The Morgan fingerprint density at radius 2 is 2.24 bits per heavy atom. The predicted octanol–water partition coefficient (Wildman–Crippen LogP) is 3.85. The number of hydrogen-bond donors (Lipinski definition) is 1. The van der Waals surface area contributed by atoms with Gasteiger partial charge in [0, 0.05) is 4.47 Å². The van der Waals surface area contributed by atoms with Crippen LogP contribution in [0.25, 0.3) is 0 Å². The third-order valence-electron chi connectivity index (χ3n) is 3.21. The molecule has 1 aliphatic rings. The van der Waals surface area contributed by atoms with Crippen molar-refractivity contribution in [2.45, 2.75) is 31.4 Å². The molecular weight excluding hydrogens is 354 g/mol. The van der Waals surface area contributed by atoms with Gasteiger partial charge in [0.25, 0.3) is 0 Å². The Bertz CT molecular complexity index is 530. The van der Waals surface area contributed by atoms with Crippen LogP contribution in [0.15, 0.2) is 22.7 Å². The summed E-state index contributed by atoms with van der Waals surface area (Å²) in [5.41, 5.74) is 1.15. The van der Waals surface area contributed by atoms with Crippen LogP contribution in [0, 0.1) is 0 Å². The van der Waals surface area contributed by atoms with Gasteiger partial charge in [-0.25, -0.2) is 4.79 Å². The highest BCUT2D eigenvalue weighted by molar-refractivity contribution is 9.10. The molecule has 1 aromatic rings. The molecule has 0 aromatic heterocycles. The fourth-order valence-corrected chi connectivity index (χ4v) is 3.80. The molecule has 1 amide bonds. The average Bonchev–Trinajstić information content (AvgIpc) is 2.50. The first kappa shape index (κ1) is 16.4. The van der Waals surface area contributed by atoms with E-state index in [4.69, 9.17) is 4.74 Å². The topological polar surface area (TPSA) is 55.4 Å². The van der Waals surface area contributed by atoms with E-state index in [1.54, 1.807) is 36.9 Å². The first-order valence-corrected chi connectivity index (χ1v) is 8.85. The number of anilines is 1. The van der Waals surface area contributed by atoms with Crippen molar-refractivity contribution in [3.05, 3.63) is 28.2 Å². The van der Waals surface area contributed by atoms with Gasteiger partial charge in [-0.15, -0.1) is 11.8 Å². The van der Waals surface area contributed by atoms with Gasteiger partial charge >= 0.3 is 5.97 Å². The Balaban J connectivity index is 2.03. The summed E-state index contributed by atoms with van der Waals surface area (Å²) in [5.74, 6) is 0.712. The van der Waals surface area contributed by atoms with Crippen LogP contribution in [0.1, 0.15) is 36.5 Å². The minimum atomic E-state index is -0.362. The fraction of sp³-hybridized carbons (Fsp3) is 0.467. The number of benzene rings is 1. The fourth-order valence-electron chi connectivity index (χ4n) is 2.12. The molecule has 0 spiro atoms. The normalized spacial score (nSPS) is 18.1. The maximum absolute atomic E-state index is 12.2. The van der Waals surface area contributed by atoms with Crippen LogP contribution in [0.4, 0.5) is 5.69 Å².